The van der Waals surface area contributed by atoms with Gasteiger partial charge in [-0.1, -0.05) is 28.1 Å². The molecule has 1 amide bonds. The van der Waals surface area contributed by atoms with Crippen molar-refractivity contribution < 1.29 is 4.79 Å². The van der Waals surface area contributed by atoms with Gasteiger partial charge in [0.05, 0.1) is 11.4 Å². The molecule has 0 saturated carbocycles. The maximum absolute atomic E-state index is 12.4. The monoisotopic (exact) mass is 495 g/mol. The number of benzene rings is 3. The van der Waals surface area contributed by atoms with E-state index in [0.29, 0.717) is 10.7 Å². The van der Waals surface area contributed by atoms with E-state index >= 15 is 0 Å². The lowest BCUT2D eigenvalue weighted by Crippen LogP contribution is -2.43. The molecule has 0 aliphatic carbocycles. The first kappa shape index (κ1) is 21.1. The highest BCUT2D eigenvalue weighted by atomic mass is 79.9. The number of carbonyl (C=O) groups is 1. The van der Waals surface area contributed by atoms with E-state index in [2.05, 4.69) is 68.7 Å². The van der Waals surface area contributed by atoms with Crippen LogP contribution in [-0.2, 0) is 0 Å². The fourth-order valence-electron chi connectivity index (χ4n) is 3.28. The Morgan fingerprint density at radius 3 is 2.06 bits per heavy atom. The van der Waals surface area contributed by atoms with Crippen LogP contribution in [0.3, 0.4) is 0 Å². The van der Waals surface area contributed by atoms with Gasteiger partial charge in [0.2, 0.25) is 0 Å². The zero-order chi connectivity index (χ0) is 22.0. The largest absolute Gasteiger partial charge is 0.360 e. The molecular formula is C23H22BrN5OS. The summed E-state index contributed by atoms with van der Waals surface area (Å²) >= 11 is 8.60. The maximum Gasteiger partial charge on any atom is 0.269 e. The Bertz CT molecular complexity index is 1100. The second-order valence-corrected chi connectivity index (χ2v) is 8.69. The minimum Gasteiger partial charge on any atom is -0.360 e. The van der Waals surface area contributed by atoms with E-state index in [4.69, 9.17) is 12.2 Å². The Hall–Kier alpha value is -3.10. The van der Waals surface area contributed by atoms with Crippen LogP contribution in [0.1, 0.15) is 33.2 Å². The van der Waals surface area contributed by atoms with Gasteiger partial charge in [0.1, 0.15) is 6.17 Å². The van der Waals surface area contributed by atoms with Gasteiger partial charge in [-0.2, -0.15) is 0 Å². The molecule has 0 unspecified atom stereocenters. The molecule has 1 heterocycles. The molecule has 1 aliphatic rings. The predicted octanol–water partition coefficient (Wildman–Crippen LogP) is 5.23. The molecule has 31 heavy (non-hydrogen) atoms. The molecule has 0 atom stereocenters. The van der Waals surface area contributed by atoms with E-state index in [-0.39, 0.29) is 12.1 Å². The van der Waals surface area contributed by atoms with Crippen molar-refractivity contribution in [2.45, 2.75) is 20.0 Å². The van der Waals surface area contributed by atoms with Crippen molar-refractivity contribution in [1.29, 1.82) is 0 Å². The highest BCUT2D eigenvalue weighted by Crippen LogP contribution is 2.37. The van der Waals surface area contributed by atoms with Crippen molar-refractivity contribution in [1.82, 2.24) is 10.9 Å². The van der Waals surface area contributed by atoms with Crippen molar-refractivity contribution in [3.8, 4) is 0 Å². The minimum absolute atomic E-state index is 0.0332. The minimum atomic E-state index is -0.270. The van der Waals surface area contributed by atoms with Gasteiger partial charge in [-0.05, 0) is 91.3 Å². The molecule has 4 rings (SSSR count). The molecule has 0 aromatic heterocycles. The number of anilines is 3. The van der Waals surface area contributed by atoms with E-state index in [0.717, 1.165) is 27.1 Å². The summed E-state index contributed by atoms with van der Waals surface area (Å²) < 4.78 is 0.978. The van der Waals surface area contributed by atoms with E-state index in [9.17, 15) is 4.79 Å². The van der Waals surface area contributed by atoms with Crippen molar-refractivity contribution in [3.05, 3.63) is 87.4 Å². The highest BCUT2D eigenvalue weighted by Gasteiger charge is 2.21. The highest BCUT2D eigenvalue weighted by molar-refractivity contribution is 9.10. The average molecular weight is 496 g/mol. The third-order valence-corrected chi connectivity index (χ3v) is 5.86. The van der Waals surface area contributed by atoms with Crippen LogP contribution in [0.4, 0.5) is 17.1 Å². The van der Waals surface area contributed by atoms with Crippen LogP contribution in [0.15, 0.2) is 65.1 Å². The van der Waals surface area contributed by atoms with Crippen LogP contribution in [0.2, 0.25) is 0 Å². The number of halogens is 1. The summed E-state index contributed by atoms with van der Waals surface area (Å²) in [6.07, 6.45) is -0.0332. The van der Waals surface area contributed by atoms with E-state index in [1.54, 1.807) is 12.1 Å². The Balaban J connectivity index is 1.32. The van der Waals surface area contributed by atoms with Crippen LogP contribution in [0.25, 0.3) is 0 Å². The molecule has 6 nitrogen and oxygen atoms in total. The summed E-state index contributed by atoms with van der Waals surface area (Å²) in [7, 11) is 0. The van der Waals surface area contributed by atoms with E-state index in [1.165, 1.54) is 11.1 Å². The molecule has 158 valence electrons. The first-order valence-corrected chi connectivity index (χ1v) is 11.0. The van der Waals surface area contributed by atoms with Gasteiger partial charge >= 0.3 is 0 Å². The fraction of sp³-hybridized carbons (Fsp3) is 0.130. The third-order valence-electron chi connectivity index (χ3n) is 5.13. The lowest BCUT2D eigenvalue weighted by atomic mass is 10.1. The number of amides is 1. The Morgan fingerprint density at radius 1 is 0.903 bits per heavy atom. The normalized spacial score (nSPS) is 12.4. The summed E-state index contributed by atoms with van der Waals surface area (Å²) in [6.45, 7) is 4.21. The second-order valence-electron chi connectivity index (χ2n) is 7.37. The van der Waals surface area contributed by atoms with Gasteiger partial charge in [0, 0.05) is 15.7 Å². The molecule has 3 aromatic carbocycles. The smallest absolute Gasteiger partial charge is 0.269 e. The molecule has 3 aromatic rings. The Morgan fingerprint density at radius 2 is 1.48 bits per heavy atom. The van der Waals surface area contributed by atoms with Crippen LogP contribution >= 0.6 is 28.1 Å². The number of thiocarbonyl (C=S) groups is 1. The molecule has 0 fully saturated rings. The standard InChI is InChI=1S/C23H22BrN5OS/c1-13-11-19-20(12-14(13)2)27-21(26-19)15-3-5-16(6-4-15)22(30)28-29-23(31)25-18-9-7-17(24)8-10-18/h3-12,21,26-27H,1-2H3,(H,28,30)(H2,25,29,31). The molecule has 8 heteroatoms. The lowest BCUT2D eigenvalue weighted by molar-refractivity contribution is 0.0944. The molecule has 5 N–H and O–H groups in total. The molecule has 0 saturated heterocycles. The molecule has 0 bridgehead atoms. The fourth-order valence-corrected chi connectivity index (χ4v) is 3.71. The zero-order valence-corrected chi connectivity index (χ0v) is 19.4. The SMILES string of the molecule is Cc1cc2c(cc1C)NC(c1ccc(C(=O)NNC(=S)Nc3ccc(Br)cc3)cc1)N2. The number of nitrogens with one attached hydrogen (secondary N) is 5. The number of rotatable bonds is 3. The van der Waals surface area contributed by atoms with E-state index < -0.39 is 0 Å². The molecule has 1 aliphatic heterocycles. The van der Waals surface area contributed by atoms with Crippen molar-refractivity contribution in [2.24, 2.45) is 0 Å². The topological polar surface area (TPSA) is 77.2 Å². The summed E-state index contributed by atoms with van der Waals surface area (Å²) in [6, 6.07) is 19.3. The van der Waals surface area contributed by atoms with Crippen LogP contribution in [0, 0.1) is 13.8 Å². The third kappa shape index (κ3) is 4.98. The number of hydrazine groups is 1. The first-order valence-electron chi connectivity index (χ1n) is 9.76. The number of carbonyl (C=O) groups excluding carboxylic acids is 1. The Labute approximate surface area is 194 Å². The van der Waals surface area contributed by atoms with Gasteiger partial charge in [-0.15, -0.1) is 0 Å². The maximum atomic E-state index is 12.4. The molecule has 0 radical (unpaired) electrons. The van der Waals surface area contributed by atoms with Crippen LogP contribution in [-0.4, -0.2) is 11.0 Å². The van der Waals surface area contributed by atoms with Crippen molar-refractivity contribution in [2.75, 3.05) is 16.0 Å². The predicted molar refractivity (Wildman–Crippen MR) is 133 cm³/mol. The molecule has 0 spiro atoms. The van der Waals surface area contributed by atoms with Gasteiger partial charge < -0.3 is 16.0 Å². The molecular weight excluding hydrogens is 474 g/mol. The summed E-state index contributed by atoms with van der Waals surface area (Å²) in [5, 5.41) is 10.3. The second kappa shape index (κ2) is 8.95. The number of fused-ring (bicyclic) bond motifs is 1. The summed E-state index contributed by atoms with van der Waals surface area (Å²) in [5.74, 6) is -0.270. The quantitative estimate of drug-likeness (QED) is 0.253. The van der Waals surface area contributed by atoms with Crippen LogP contribution < -0.4 is 26.8 Å². The number of aryl methyl sites for hydroxylation is 2. The lowest BCUT2D eigenvalue weighted by Gasteiger charge is -2.14. The summed E-state index contributed by atoms with van der Waals surface area (Å²) in [4.78, 5) is 12.4. The van der Waals surface area contributed by atoms with Gasteiger partial charge in [0.25, 0.3) is 5.91 Å². The van der Waals surface area contributed by atoms with Crippen molar-refractivity contribution in [3.63, 3.8) is 0 Å². The Kier molecular flexibility index (Phi) is 6.11. The van der Waals surface area contributed by atoms with Gasteiger partial charge in [0.15, 0.2) is 5.11 Å². The van der Waals surface area contributed by atoms with Crippen LogP contribution in [0.5, 0.6) is 0 Å². The van der Waals surface area contributed by atoms with E-state index in [1.807, 2.05) is 36.4 Å². The number of hydrogen-bond donors (Lipinski definition) is 5. The average Bonchev–Trinajstić information content (AvgIpc) is 3.16. The zero-order valence-electron chi connectivity index (χ0n) is 17.0. The first-order chi connectivity index (χ1) is 14.9. The summed E-state index contributed by atoms with van der Waals surface area (Å²) in [5.41, 5.74) is 12.4. The van der Waals surface area contributed by atoms with Gasteiger partial charge in [-0.3, -0.25) is 15.6 Å². The van der Waals surface area contributed by atoms with Gasteiger partial charge in [-0.25, -0.2) is 0 Å². The number of hydrogen-bond acceptors (Lipinski definition) is 4. The van der Waals surface area contributed by atoms with Crippen molar-refractivity contribution >= 4 is 56.2 Å².